The molecule has 0 amide bonds. The first-order chi connectivity index (χ1) is 8.77. The number of carboxylic acids is 1. The largest absolute Gasteiger partial charge is 0.480 e. The SMILES string of the molecule is O=C(O)[C@@H](NCC1CCCCC1)c1ccccc1. The van der Waals surface area contributed by atoms with Crippen LogP contribution >= 0.6 is 0 Å². The quantitative estimate of drug-likeness (QED) is 0.841. The molecule has 0 radical (unpaired) electrons. The van der Waals surface area contributed by atoms with Crippen molar-refractivity contribution in [2.45, 2.75) is 38.1 Å². The summed E-state index contributed by atoms with van der Waals surface area (Å²) in [4.78, 5) is 11.3. The number of hydrogen-bond acceptors (Lipinski definition) is 2. The normalized spacial score (nSPS) is 18.4. The molecule has 3 nitrogen and oxygen atoms in total. The molecule has 1 aromatic carbocycles. The second kappa shape index (κ2) is 6.55. The third kappa shape index (κ3) is 3.57. The van der Waals surface area contributed by atoms with Crippen LogP contribution < -0.4 is 5.32 Å². The van der Waals surface area contributed by atoms with E-state index < -0.39 is 12.0 Å². The molecule has 1 aromatic rings. The van der Waals surface area contributed by atoms with E-state index in [0.29, 0.717) is 5.92 Å². The van der Waals surface area contributed by atoms with Gasteiger partial charge in [-0.3, -0.25) is 4.79 Å². The van der Waals surface area contributed by atoms with Gasteiger partial charge in [0.2, 0.25) is 0 Å². The molecule has 2 rings (SSSR count). The number of carboxylic acid groups (broad SMARTS) is 1. The van der Waals surface area contributed by atoms with Crippen molar-refractivity contribution in [2.24, 2.45) is 5.92 Å². The van der Waals surface area contributed by atoms with Crippen molar-refractivity contribution in [2.75, 3.05) is 6.54 Å². The van der Waals surface area contributed by atoms with Gasteiger partial charge in [0.15, 0.2) is 0 Å². The molecule has 1 aliphatic carbocycles. The zero-order valence-corrected chi connectivity index (χ0v) is 10.6. The number of aliphatic carboxylic acids is 1. The van der Waals surface area contributed by atoms with E-state index in [9.17, 15) is 9.90 Å². The average molecular weight is 247 g/mol. The maximum absolute atomic E-state index is 11.3. The van der Waals surface area contributed by atoms with Crippen molar-refractivity contribution >= 4 is 5.97 Å². The summed E-state index contributed by atoms with van der Waals surface area (Å²) >= 11 is 0. The molecule has 0 heterocycles. The third-order valence-electron chi connectivity index (χ3n) is 3.72. The Kier molecular flexibility index (Phi) is 4.76. The van der Waals surface area contributed by atoms with Crippen molar-refractivity contribution in [3.8, 4) is 0 Å². The Hall–Kier alpha value is -1.35. The van der Waals surface area contributed by atoms with Crippen LogP contribution in [-0.2, 0) is 4.79 Å². The van der Waals surface area contributed by atoms with Gasteiger partial charge in [-0.1, -0.05) is 49.6 Å². The average Bonchev–Trinajstić information content (AvgIpc) is 2.41. The molecule has 3 heteroatoms. The van der Waals surface area contributed by atoms with Crippen LogP contribution in [0.4, 0.5) is 0 Å². The highest BCUT2D eigenvalue weighted by Crippen LogP contribution is 2.24. The van der Waals surface area contributed by atoms with E-state index >= 15 is 0 Å². The van der Waals surface area contributed by atoms with Gasteiger partial charge in [-0.15, -0.1) is 0 Å². The van der Waals surface area contributed by atoms with Gasteiger partial charge >= 0.3 is 5.97 Å². The molecule has 0 saturated heterocycles. The van der Waals surface area contributed by atoms with Crippen molar-refractivity contribution in [3.05, 3.63) is 35.9 Å². The highest BCUT2D eigenvalue weighted by Gasteiger charge is 2.21. The fourth-order valence-electron chi connectivity index (χ4n) is 2.67. The fourth-order valence-corrected chi connectivity index (χ4v) is 2.67. The first-order valence-electron chi connectivity index (χ1n) is 6.78. The topological polar surface area (TPSA) is 49.3 Å². The summed E-state index contributed by atoms with van der Waals surface area (Å²) in [5, 5.41) is 12.5. The van der Waals surface area contributed by atoms with Crippen LogP contribution in [0.5, 0.6) is 0 Å². The summed E-state index contributed by atoms with van der Waals surface area (Å²) in [5.74, 6) is -0.152. The van der Waals surface area contributed by atoms with Crippen LogP contribution in [0.15, 0.2) is 30.3 Å². The zero-order chi connectivity index (χ0) is 12.8. The van der Waals surface area contributed by atoms with Crippen LogP contribution in [0, 0.1) is 5.92 Å². The molecule has 0 bridgehead atoms. The maximum atomic E-state index is 11.3. The first-order valence-corrected chi connectivity index (χ1v) is 6.78. The lowest BCUT2D eigenvalue weighted by Gasteiger charge is -2.24. The van der Waals surface area contributed by atoms with E-state index in [0.717, 1.165) is 12.1 Å². The van der Waals surface area contributed by atoms with E-state index in [2.05, 4.69) is 5.32 Å². The first kappa shape index (κ1) is 13.1. The molecule has 2 N–H and O–H groups in total. The number of rotatable bonds is 5. The molecule has 18 heavy (non-hydrogen) atoms. The summed E-state index contributed by atoms with van der Waals surface area (Å²) in [5.41, 5.74) is 0.834. The Balaban J connectivity index is 1.92. The summed E-state index contributed by atoms with van der Waals surface area (Å²) in [6.07, 6.45) is 6.37. The van der Waals surface area contributed by atoms with Gasteiger partial charge in [-0.25, -0.2) is 0 Å². The van der Waals surface area contributed by atoms with E-state index in [-0.39, 0.29) is 0 Å². The highest BCUT2D eigenvalue weighted by atomic mass is 16.4. The molecule has 1 saturated carbocycles. The van der Waals surface area contributed by atoms with E-state index in [1.807, 2.05) is 30.3 Å². The predicted molar refractivity (Wildman–Crippen MR) is 71.4 cm³/mol. The van der Waals surface area contributed by atoms with Gasteiger partial charge in [0.05, 0.1) is 0 Å². The van der Waals surface area contributed by atoms with Crippen LogP contribution in [0.3, 0.4) is 0 Å². The van der Waals surface area contributed by atoms with Crippen LogP contribution in [0.25, 0.3) is 0 Å². The van der Waals surface area contributed by atoms with Gasteiger partial charge in [0, 0.05) is 0 Å². The molecule has 0 spiro atoms. The summed E-state index contributed by atoms with van der Waals surface area (Å²) in [7, 11) is 0. The lowest BCUT2D eigenvalue weighted by Crippen LogP contribution is -2.33. The molecule has 1 aliphatic rings. The summed E-state index contributed by atoms with van der Waals surface area (Å²) in [6, 6.07) is 8.83. The van der Waals surface area contributed by atoms with E-state index in [4.69, 9.17) is 0 Å². The van der Waals surface area contributed by atoms with Crippen LogP contribution in [0.1, 0.15) is 43.7 Å². The Bertz CT molecular complexity index is 371. The van der Waals surface area contributed by atoms with E-state index in [1.54, 1.807) is 0 Å². The minimum absolute atomic E-state index is 0.576. The Morgan fingerprint density at radius 3 is 2.50 bits per heavy atom. The Morgan fingerprint density at radius 1 is 1.22 bits per heavy atom. The zero-order valence-electron chi connectivity index (χ0n) is 10.6. The molecule has 98 valence electrons. The summed E-state index contributed by atoms with van der Waals surface area (Å²) in [6.45, 7) is 0.811. The Morgan fingerprint density at radius 2 is 1.89 bits per heavy atom. The van der Waals surface area contributed by atoms with Gasteiger partial charge in [-0.2, -0.15) is 0 Å². The molecular formula is C15H21NO2. The van der Waals surface area contributed by atoms with Crippen molar-refractivity contribution in [3.63, 3.8) is 0 Å². The smallest absolute Gasteiger partial charge is 0.325 e. The van der Waals surface area contributed by atoms with Crippen molar-refractivity contribution in [1.29, 1.82) is 0 Å². The molecular weight excluding hydrogens is 226 g/mol. The number of carbonyl (C=O) groups is 1. The third-order valence-corrected chi connectivity index (χ3v) is 3.72. The minimum Gasteiger partial charge on any atom is -0.480 e. The van der Waals surface area contributed by atoms with Gasteiger partial charge in [0.1, 0.15) is 6.04 Å². The van der Waals surface area contributed by atoms with Gasteiger partial charge in [0.25, 0.3) is 0 Å². The van der Waals surface area contributed by atoms with Gasteiger partial charge < -0.3 is 10.4 Å². The Labute approximate surface area is 108 Å². The molecule has 1 fully saturated rings. The van der Waals surface area contributed by atoms with Gasteiger partial charge in [-0.05, 0) is 30.9 Å². The number of nitrogens with one attached hydrogen (secondary N) is 1. The molecule has 0 unspecified atom stereocenters. The molecule has 0 aromatic heterocycles. The number of hydrogen-bond donors (Lipinski definition) is 2. The second-order valence-electron chi connectivity index (χ2n) is 5.09. The highest BCUT2D eigenvalue weighted by molar-refractivity contribution is 5.75. The number of benzene rings is 1. The van der Waals surface area contributed by atoms with Crippen LogP contribution in [0.2, 0.25) is 0 Å². The predicted octanol–water partition coefficient (Wildman–Crippen LogP) is 2.98. The second-order valence-corrected chi connectivity index (χ2v) is 5.09. The van der Waals surface area contributed by atoms with Crippen molar-refractivity contribution in [1.82, 2.24) is 5.32 Å². The lowest BCUT2D eigenvalue weighted by molar-refractivity contribution is -0.139. The molecule has 0 aliphatic heterocycles. The fraction of sp³-hybridized carbons (Fsp3) is 0.533. The van der Waals surface area contributed by atoms with E-state index in [1.165, 1.54) is 32.1 Å². The monoisotopic (exact) mass is 247 g/mol. The standard InChI is InChI=1S/C15H21NO2/c17-15(18)14(13-9-5-2-6-10-13)16-11-12-7-3-1-4-8-12/h2,5-6,9-10,12,14,16H,1,3-4,7-8,11H2,(H,17,18)/t14-/m0/s1. The molecule has 1 atom stereocenters. The lowest BCUT2D eigenvalue weighted by atomic mass is 9.89. The van der Waals surface area contributed by atoms with Crippen LogP contribution in [-0.4, -0.2) is 17.6 Å². The summed E-state index contributed by atoms with van der Waals surface area (Å²) < 4.78 is 0. The minimum atomic E-state index is -0.794. The van der Waals surface area contributed by atoms with Crippen molar-refractivity contribution < 1.29 is 9.90 Å². The maximum Gasteiger partial charge on any atom is 0.325 e.